The fraction of sp³-hybridized carbons (Fsp3) is 0.360. The molecule has 0 spiro atoms. The molecule has 32 heavy (non-hydrogen) atoms. The largest absolute Gasteiger partial charge is 0.481 e. The monoisotopic (exact) mass is 442 g/mol. The van der Waals surface area contributed by atoms with E-state index in [2.05, 4.69) is 6.07 Å². The molecule has 1 atom stereocenters. The van der Waals surface area contributed by atoms with E-state index in [0.717, 1.165) is 27.8 Å². The minimum Gasteiger partial charge on any atom is -0.481 e. The first-order valence-electron chi connectivity index (χ1n) is 10.4. The van der Waals surface area contributed by atoms with Gasteiger partial charge in [-0.05, 0) is 59.7 Å². The normalized spacial score (nSPS) is 13.7. The van der Waals surface area contributed by atoms with Gasteiger partial charge < -0.3 is 19.7 Å². The molecule has 0 radical (unpaired) electrons. The Kier molecular flexibility index (Phi) is 6.99. The number of carboxylic acid groups (broad SMARTS) is 1. The van der Waals surface area contributed by atoms with Crippen molar-refractivity contribution in [3.63, 3.8) is 0 Å². The molecule has 170 valence electrons. The van der Waals surface area contributed by atoms with E-state index in [4.69, 9.17) is 14.6 Å². The summed E-state index contributed by atoms with van der Waals surface area (Å²) in [5.74, 6) is -1.73. The molecule has 0 bridgehead atoms. The average Bonchev–Trinajstić information content (AvgIpc) is 3.19. The fourth-order valence-electron chi connectivity index (χ4n) is 3.88. The standard InChI is InChI=1S/C25H27FO6/c1-13(2)20-9-14(3)15(4)23(19-7-8-21(26)25-24(19)31-12-32-25)18(20)6-5-16(27)10-17(28)11-22(29)30/h5-9,13,16,27H,10-12H2,1-4H3,(H,29,30). The van der Waals surface area contributed by atoms with Crippen LogP contribution in [-0.2, 0) is 9.59 Å². The number of fused-ring (bicyclic) bond motifs is 1. The topological polar surface area (TPSA) is 93.1 Å². The summed E-state index contributed by atoms with van der Waals surface area (Å²) in [6, 6.07) is 5.07. The number of ketones is 1. The van der Waals surface area contributed by atoms with E-state index < -0.39 is 30.1 Å². The van der Waals surface area contributed by atoms with Crippen LogP contribution in [0.15, 0.2) is 24.3 Å². The van der Waals surface area contributed by atoms with Crippen molar-refractivity contribution in [2.45, 2.75) is 52.6 Å². The molecule has 2 aromatic carbocycles. The Morgan fingerprint density at radius 2 is 1.88 bits per heavy atom. The number of aliphatic hydroxyl groups excluding tert-OH is 1. The Morgan fingerprint density at radius 3 is 2.53 bits per heavy atom. The lowest BCUT2D eigenvalue weighted by atomic mass is 9.84. The van der Waals surface area contributed by atoms with Crippen LogP contribution < -0.4 is 9.47 Å². The highest BCUT2D eigenvalue weighted by Gasteiger charge is 2.26. The minimum atomic E-state index is -1.22. The van der Waals surface area contributed by atoms with Crippen molar-refractivity contribution in [1.29, 1.82) is 0 Å². The molecular formula is C25H27FO6. The summed E-state index contributed by atoms with van der Waals surface area (Å²) in [6.45, 7) is 7.99. The van der Waals surface area contributed by atoms with E-state index in [0.29, 0.717) is 11.3 Å². The molecule has 1 unspecified atom stereocenters. The summed E-state index contributed by atoms with van der Waals surface area (Å²) in [5.41, 5.74) is 5.36. The number of hydrogen-bond acceptors (Lipinski definition) is 5. The van der Waals surface area contributed by atoms with Crippen LogP contribution >= 0.6 is 0 Å². The quantitative estimate of drug-likeness (QED) is 0.572. The summed E-state index contributed by atoms with van der Waals surface area (Å²) in [4.78, 5) is 22.5. The third-order valence-corrected chi connectivity index (χ3v) is 5.55. The molecule has 2 aromatic rings. The number of carbonyl (C=O) groups is 2. The molecule has 0 aromatic heterocycles. The van der Waals surface area contributed by atoms with Crippen LogP contribution in [0.2, 0.25) is 0 Å². The number of aliphatic hydroxyl groups is 1. The summed E-state index contributed by atoms with van der Waals surface area (Å²) >= 11 is 0. The van der Waals surface area contributed by atoms with E-state index in [1.165, 1.54) is 12.1 Å². The second-order valence-corrected chi connectivity index (χ2v) is 8.25. The number of aliphatic carboxylic acids is 1. The van der Waals surface area contributed by atoms with Gasteiger partial charge in [0, 0.05) is 12.0 Å². The Hall–Kier alpha value is -3.19. The second-order valence-electron chi connectivity index (χ2n) is 8.25. The molecule has 0 saturated heterocycles. The first kappa shape index (κ1) is 23.5. The molecule has 0 aliphatic carbocycles. The van der Waals surface area contributed by atoms with Gasteiger partial charge in [0.25, 0.3) is 0 Å². The molecule has 1 aliphatic heterocycles. The van der Waals surface area contributed by atoms with Crippen molar-refractivity contribution >= 4 is 17.8 Å². The predicted molar refractivity (Wildman–Crippen MR) is 118 cm³/mol. The van der Waals surface area contributed by atoms with E-state index >= 15 is 0 Å². The highest BCUT2D eigenvalue weighted by atomic mass is 19.1. The fourth-order valence-corrected chi connectivity index (χ4v) is 3.88. The van der Waals surface area contributed by atoms with Crippen LogP contribution in [0.25, 0.3) is 17.2 Å². The van der Waals surface area contributed by atoms with Crippen LogP contribution in [0.1, 0.15) is 54.9 Å². The van der Waals surface area contributed by atoms with E-state index in [1.807, 2.05) is 27.7 Å². The molecule has 0 fully saturated rings. The molecule has 0 saturated carbocycles. The van der Waals surface area contributed by atoms with Gasteiger partial charge in [0.05, 0.1) is 6.10 Å². The maximum atomic E-state index is 14.2. The van der Waals surface area contributed by atoms with Gasteiger partial charge in [-0.1, -0.05) is 32.1 Å². The van der Waals surface area contributed by atoms with Gasteiger partial charge in [-0.2, -0.15) is 0 Å². The third-order valence-electron chi connectivity index (χ3n) is 5.55. The van der Waals surface area contributed by atoms with Gasteiger partial charge >= 0.3 is 5.97 Å². The van der Waals surface area contributed by atoms with Crippen LogP contribution in [0, 0.1) is 19.7 Å². The number of halogens is 1. The summed E-state index contributed by atoms with van der Waals surface area (Å²) in [7, 11) is 0. The van der Waals surface area contributed by atoms with Crippen molar-refractivity contribution in [2.24, 2.45) is 0 Å². The number of carbonyl (C=O) groups excluding carboxylic acids is 1. The van der Waals surface area contributed by atoms with Crippen molar-refractivity contribution in [2.75, 3.05) is 6.79 Å². The zero-order chi connectivity index (χ0) is 23.6. The molecule has 7 heteroatoms. The lowest BCUT2D eigenvalue weighted by Crippen LogP contribution is -2.14. The predicted octanol–water partition coefficient (Wildman–Crippen LogP) is 4.77. The SMILES string of the molecule is Cc1cc(C(C)C)c(C=CC(O)CC(=O)CC(=O)O)c(-c2ccc(F)c3c2OCO3)c1C. The molecule has 1 heterocycles. The summed E-state index contributed by atoms with van der Waals surface area (Å²) in [6.07, 6.45) is 1.18. The Labute approximate surface area is 186 Å². The first-order valence-corrected chi connectivity index (χ1v) is 10.4. The van der Waals surface area contributed by atoms with Crippen LogP contribution in [-0.4, -0.2) is 34.9 Å². The molecule has 0 amide bonds. The van der Waals surface area contributed by atoms with Gasteiger partial charge in [-0.3, -0.25) is 9.59 Å². The summed E-state index contributed by atoms with van der Waals surface area (Å²) in [5, 5.41) is 19.1. The molecule has 1 aliphatic rings. The minimum absolute atomic E-state index is 0.0687. The third kappa shape index (κ3) is 4.83. The second kappa shape index (κ2) is 9.53. The van der Waals surface area contributed by atoms with Gasteiger partial charge in [-0.15, -0.1) is 0 Å². The zero-order valence-electron chi connectivity index (χ0n) is 18.6. The molecular weight excluding hydrogens is 415 g/mol. The number of carboxylic acids is 1. The number of aryl methyl sites for hydroxylation is 1. The number of ether oxygens (including phenoxy) is 2. The number of rotatable bonds is 8. The van der Waals surface area contributed by atoms with Gasteiger partial charge in [0.15, 0.2) is 11.6 Å². The van der Waals surface area contributed by atoms with E-state index in [1.54, 1.807) is 12.1 Å². The number of hydrogen-bond donors (Lipinski definition) is 2. The lowest BCUT2D eigenvalue weighted by Gasteiger charge is -2.21. The highest BCUT2D eigenvalue weighted by molar-refractivity contribution is 5.95. The van der Waals surface area contributed by atoms with Crippen LogP contribution in [0.3, 0.4) is 0 Å². The van der Waals surface area contributed by atoms with E-state index in [9.17, 15) is 19.1 Å². The van der Waals surface area contributed by atoms with E-state index in [-0.39, 0.29) is 24.9 Å². The Balaban J connectivity index is 2.12. The van der Waals surface area contributed by atoms with Crippen molar-refractivity contribution < 1.29 is 33.7 Å². The highest BCUT2D eigenvalue weighted by Crippen LogP contribution is 2.47. The lowest BCUT2D eigenvalue weighted by molar-refractivity contribution is -0.140. The number of benzene rings is 2. The first-order chi connectivity index (χ1) is 15.1. The van der Waals surface area contributed by atoms with Crippen molar-refractivity contribution in [1.82, 2.24) is 0 Å². The van der Waals surface area contributed by atoms with Gasteiger partial charge in [0.1, 0.15) is 12.2 Å². The van der Waals surface area contributed by atoms with Gasteiger partial charge in [-0.25, -0.2) is 4.39 Å². The number of Topliss-reactive ketones (excluding diaryl/α,β-unsaturated/α-hetero) is 1. The summed E-state index contributed by atoms with van der Waals surface area (Å²) < 4.78 is 25.1. The van der Waals surface area contributed by atoms with Gasteiger partial charge in [0.2, 0.25) is 12.5 Å². The Morgan fingerprint density at radius 1 is 1.19 bits per heavy atom. The maximum absolute atomic E-state index is 14.2. The average molecular weight is 442 g/mol. The molecule has 6 nitrogen and oxygen atoms in total. The maximum Gasteiger partial charge on any atom is 0.310 e. The smallest absolute Gasteiger partial charge is 0.310 e. The molecule has 2 N–H and O–H groups in total. The van der Waals surface area contributed by atoms with Crippen molar-refractivity contribution in [3.8, 4) is 22.6 Å². The van der Waals surface area contributed by atoms with Crippen LogP contribution in [0.5, 0.6) is 11.5 Å². The zero-order valence-corrected chi connectivity index (χ0v) is 18.6. The molecule has 3 rings (SSSR count). The van der Waals surface area contributed by atoms with Crippen molar-refractivity contribution in [3.05, 3.63) is 52.3 Å². The Bertz CT molecular complexity index is 1090. The van der Waals surface area contributed by atoms with Crippen LogP contribution in [0.4, 0.5) is 4.39 Å².